The summed E-state index contributed by atoms with van der Waals surface area (Å²) >= 11 is 0. The van der Waals surface area contributed by atoms with Crippen molar-refractivity contribution in [2.24, 2.45) is 40.9 Å². The number of nitrogens with two attached hydrogens (primary N) is 3. The first-order valence-corrected chi connectivity index (χ1v) is 8.78. The van der Waals surface area contributed by atoms with Crippen molar-refractivity contribution in [3.63, 3.8) is 0 Å². The molecule has 0 radical (unpaired) electrons. The molecule has 2 atom stereocenters. The van der Waals surface area contributed by atoms with Crippen LogP contribution in [0.15, 0.2) is 0 Å². The van der Waals surface area contributed by atoms with Gasteiger partial charge in [0.05, 0.1) is 11.8 Å². The molecule has 8 nitrogen and oxygen atoms in total. The van der Waals surface area contributed by atoms with Gasteiger partial charge in [0.15, 0.2) is 0 Å². The standard InChI is InChI=1S/C17H30N4O4/c1-9(2)10-3-5-11(6-4-10)21-15(23)8-13(17(20)25)12(16(19)24)7-14(18)22/h9-13H,3-8H2,1-2H3,(H2,18,22)(H2,19,24)(H2,20,25)(H,21,23). The van der Waals surface area contributed by atoms with Crippen LogP contribution in [-0.4, -0.2) is 29.7 Å². The zero-order chi connectivity index (χ0) is 19.1. The fourth-order valence-electron chi connectivity index (χ4n) is 3.52. The summed E-state index contributed by atoms with van der Waals surface area (Å²) in [5.74, 6) is -3.87. The van der Waals surface area contributed by atoms with Crippen LogP contribution in [0.4, 0.5) is 0 Å². The van der Waals surface area contributed by atoms with Gasteiger partial charge in [-0.1, -0.05) is 13.8 Å². The molecule has 0 aromatic rings. The van der Waals surface area contributed by atoms with E-state index in [0.717, 1.165) is 25.7 Å². The van der Waals surface area contributed by atoms with Crippen LogP contribution in [-0.2, 0) is 19.2 Å². The van der Waals surface area contributed by atoms with Crippen molar-refractivity contribution in [1.82, 2.24) is 5.32 Å². The summed E-state index contributed by atoms with van der Waals surface area (Å²) in [7, 11) is 0. The molecule has 142 valence electrons. The van der Waals surface area contributed by atoms with Gasteiger partial charge in [0, 0.05) is 18.9 Å². The molecule has 1 rings (SSSR count). The highest BCUT2D eigenvalue weighted by atomic mass is 16.2. The average Bonchev–Trinajstić information content (AvgIpc) is 2.50. The molecule has 4 amide bonds. The van der Waals surface area contributed by atoms with Gasteiger partial charge >= 0.3 is 0 Å². The molecule has 0 aromatic carbocycles. The van der Waals surface area contributed by atoms with Gasteiger partial charge in [-0.15, -0.1) is 0 Å². The zero-order valence-corrected chi connectivity index (χ0v) is 15.0. The Morgan fingerprint density at radius 1 is 0.880 bits per heavy atom. The monoisotopic (exact) mass is 354 g/mol. The van der Waals surface area contributed by atoms with E-state index in [1.807, 2.05) is 0 Å². The number of amides is 4. The molecule has 2 unspecified atom stereocenters. The molecule has 0 bridgehead atoms. The first-order valence-electron chi connectivity index (χ1n) is 8.78. The number of nitrogens with one attached hydrogen (secondary N) is 1. The maximum atomic E-state index is 12.3. The van der Waals surface area contributed by atoms with Crippen LogP contribution in [0, 0.1) is 23.7 Å². The summed E-state index contributed by atoms with van der Waals surface area (Å²) in [6.45, 7) is 4.40. The second-order valence-electron chi connectivity index (χ2n) is 7.32. The Balaban J connectivity index is 2.63. The van der Waals surface area contributed by atoms with E-state index in [2.05, 4.69) is 19.2 Å². The second-order valence-corrected chi connectivity index (χ2v) is 7.32. The Hall–Kier alpha value is -2.12. The Morgan fingerprint density at radius 2 is 1.36 bits per heavy atom. The van der Waals surface area contributed by atoms with Crippen molar-refractivity contribution in [1.29, 1.82) is 0 Å². The average molecular weight is 354 g/mol. The lowest BCUT2D eigenvalue weighted by atomic mass is 9.79. The third kappa shape index (κ3) is 6.72. The molecule has 8 heteroatoms. The number of carbonyl (C=O) groups is 4. The summed E-state index contributed by atoms with van der Waals surface area (Å²) in [4.78, 5) is 46.5. The lowest BCUT2D eigenvalue weighted by Crippen LogP contribution is -2.44. The van der Waals surface area contributed by atoms with Crippen LogP contribution < -0.4 is 22.5 Å². The molecule has 7 N–H and O–H groups in total. The van der Waals surface area contributed by atoms with E-state index in [1.54, 1.807) is 0 Å². The van der Waals surface area contributed by atoms with Crippen molar-refractivity contribution in [3.8, 4) is 0 Å². The first-order chi connectivity index (χ1) is 11.6. The topological polar surface area (TPSA) is 158 Å². The van der Waals surface area contributed by atoms with E-state index in [9.17, 15) is 19.2 Å². The van der Waals surface area contributed by atoms with Gasteiger partial charge in [0.1, 0.15) is 0 Å². The summed E-state index contributed by atoms with van der Waals surface area (Å²) in [6, 6.07) is 0.0548. The van der Waals surface area contributed by atoms with E-state index in [-0.39, 0.29) is 18.4 Å². The highest BCUT2D eigenvalue weighted by Gasteiger charge is 2.34. The van der Waals surface area contributed by atoms with Gasteiger partial charge in [-0.05, 0) is 37.5 Å². The summed E-state index contributed by atoms with van der Waals surface area (Å²) in [5.41, 5.74) is 15.6. The minimum absolute atomic E-state index is 0.0548. The molecule has 0 aromatic heterocycles. The maximum Gasteiger partial charge on any atom is 0.221 e. The van der Waals surface area contributed by atoms with Crippen molar-refractivity contribution in [3.05, 3.63) is 0 Å². The van der Waals surface area contributed by atoms with Gasteiger partial charge in [0.25, 0.3) is 0 Å². The van der Waals surface area contributed by atoms with E-state index < -0.39 is 36.0 Å². The van der Waals surface area contributed by atoms with E-state index in [4.69, 9.17) is 17.2 Å². The molecule has 0 spiro atoms. The van der Waals surface area contributed by atoms with Gasteiger partial charge in [-0.3, -0.25) is 19.2 Å². The van der Waals surface area contributed by atoms with Crippen molar-refractivity contribution in [2.75, 3.05) is 0 Å². The fourth-order valence-corrected chi connectivity index (χ4v) is 3.52. The Labute approximate surface area is 148 Å². The molecule has 1 saturated carbocycles. The third-order valence-corrected chi connectivity index (χ3v) is 5.12. The molecule has 0 saturated heterocycles. The largest absolute Gasteiger partial charge is 0.370 e. The van der Waals surface area contributed by atoms with E-state index >= 15 is 0 Å². The smallest absolute Gasteiger partial charge is 0.221 e. The molecule has 0 aliphatic heterocycles. The van der Waals surface area contributed by atoms with Crippen LogP contribution in [0.1, 0.15) is 52.4 Å². The molecule has 1 aliphatic rings. The SMILES string of the molecule is CC(C)C1CCC(NC(=O)CC(C(N)=O)C(CC(N)=O)C(N)=O)CC1. The van der Waals surface area contributed by atoms with Crippen molar-refractivity contribution < 1.29 is 19.2 Å². The molecule has 0 heterocycles. The third-order valence-electron chi connectivity index (χ3n) is 5.12. The Bertz CT molecular complexity index is 513. The minimum atomic E-state index is -1.17. The van der Waals surface area contributed by atoms with Crippen LogP contribution in [0.5, 0.6) is 0 Å². The second kappa shape index (κ2) is 9.39. The predicted octanol–water partition coefficient (Wildman–Crippen LogP) is -0.214. The Morgan fingerprint density at radius 3 is 1.76 bits per heavy atom. The molecular formula is C17H30N4O4. The summed E-state index contributed by atoms with van der Waals surface area (Å²) < 4.78 is 0. The van der Waals surface area contributed by atoms with E-state index in [0.29, 0.717) is 11.8 Å². The van der Waals surface area contributed by atoms with Crippen molar-refractivity contribution in [2.45, 2.75) is 58.4 Å². The first kappa shape index (κ1) is 20.9. The predicted molar refractivity (Wildman–Crippen MR) is 92.5 cm³/mol. The van der Waals surface area contributed by atoms with Crippen LogP contribution in [0.3, 0.4) is 0 Å². The minimum Gasteiger partial charge on any atom is -0.370 e. The van der Waals surface area contributed by atoms with Crippen LogP contribution in [0.2, 0.25) is 0 Å². The van der Waals surface area contributed by atoms with Gasteiger partial charge in [-0.2, -0.15) is 0 Å². The van der Waals surface area contributed by atoms with Crippen molar-refractivity contribution >= 4 is 23.6 Å². The van der Waals surface area contributed by atoms with Gasteiger partial charge in [-0.25, -0.2) is 0 Å². The van der Waals surface area contributed by atoms with Crippen LogP contribution >= 0.6 is 0 Å². The lowest BCUT2D eigenvalue weighted by Gasteiger charge is -2.31. The van der Waals surface area contributed by atoms with Gasteiger partial charge < -0.3 is 22.5 Å². The fraction of sp³-hybridized carbons (Fsp3) is 0.765. The summed E-state index contributed by atoms with van der Waals surface area (Å²) in [6.07, 6.45) is 3.18. The zero-order valence-electron chi connectivity index (χ0n) is 15.0. The number of carbonyl (C=O) groups excluding carboxylic acids is 4. The summed E-state index contributed by atoms with van der Waals surface area (Å²) in [5, 5.41) is 2.90. The number of hydrogen-bond acceptors (Lipinski definition) is 4. The Kier molecular flexibility index (Phi) is 7.86. The highest BCUT2D eigenvalue weighted by molar-refractivity contribution is 5.92. The number of hydrogen-bond donors (Lipinski definition) is 4. The quantitative estimate of drug-likeness (QED) is 0.451. The lowest BCUT2D eigenvalue weighted by molar-refractivity contribution is -0.137. The highest BCUT2D eigenvalue weighted by Crippen LogP contribution is 2.30. The molecule has 1 aliphatic carbocycles. The number of primary amides is 3. The van der Waals surface area contributed by atoms with Gasteiger partial charge in [0.2, 0.25) is 23.6 Å². The molecular weight excluding hydrogens is 324 g/mol. The normalized spacial score (nSPS) is 22.8. The number of rotatable bonds is 9. The molecule has 25 heavy (non-hydrogen) atoms. The molecule has 1 fully saturated rings. The van der Waals surface area contributed by atoms with E-state index in [1.165, 1.54) is 0 Å². The maximum absolute atomic E-state index is 12.3. The van der Waals surface area contributed by atoms with Crippen LogP contribution in [0.25, 0.3) is 0 Å².